The monoisotopic (exact) mass is 287 g/mol. The summed E-state index contributed by atoms with van der Waals surface area (Å²) in [7, 11) is 1.98. The second-order valence-corrected chi connectivity index (χ2v) is 5.13. The van der Waals surface area contributed by atoms with Crippen LogP contribution >= 0.6 is 11.6 Å². The zero-order chi connectivity index (χ0) is 14.1. The average Bonchev–Trinajstić information content (AvgIpc) is 2.85. The van der Waals surface area contributed by atoms with Crippen molar-refractivity contribution in [3.05, 3.63) is 46.9 Å². The van der Waals surface area contributed by atoms with Crippen LogP contribution < -0.4 is 4.90 Å². The molecule has 0 unspecified atom stereocenters. The van der Waals surface area contributed by atoms with Gasteiger partial charge in [-0.2, -0.15) is 15.1 Å². The van der Waals surface area contributed by atoms with E-state index in [0.29, 0.717) is 5.65 Å². The quantitative estimate of drug-likeness (QED) is 0.753. The van der Waals surface area contributed by atoms with Gasteiger partial charge in [0.25, 0.3) is 0 Å². The molecule has 0 amide bonds. The summed E-state index contributed by atoms with van der Waals surface area (Å²) < 4.78 is 0. The molecule has 2 heterocycles. The number of aromatic nitrogens is 4. The van der Waals surface area contributed by atoms with Crippen molar-refractivity contribution in [3.8, 4) is 0 Å². The Kier molecular flexibility index (Phi) is 3.28. The van der Waals surface area contributed by atoms with E-state index in [9.17, 15) is 0 Å². The Hall–Kier alpha value is -2.14. The van der Waals surface area contributed by atoms with Crippen molar-refractivity contribution in [1.82, 2.24) is 20.2 Å². The number of hydrogen-bond acceptors (Lipinski definition) is 4. The molecule has 102 valence electrons. The van der Waals surface area contributed by atoms with Gasteiger partial charge in [0.05, 0.1) is 11.6 Å². The number of H-pyrrole nitrogens is 1. The lowest BCUT2D eigenvalue weighted by molar-refractivity contribution is 0.899. The first-order valence-corrected chi connectivity index (χ1v) is 6.64. The lowest BCUT2D eigenvalue weighted by atomic mass is 10.1. The average molecular weight is 288 g/mol. The van der Waals surface area contributed by atoms with Gasteiger partial charge in [-0.3, -0.25) is 5.10 Å². The summed E-state index contributed by atoms with van der Waals surface area (Å²) in [6, 6.07) is 8.39. The van der Waals surface area contributed by atoms with Crippen molar-refractivity contribution in [3.63, 3.8) is 0 Å². The number of halogens is 1. The van der Waals surface area contributed by atoms with E-state index in [1.165, 1.54) is 11.1 Å². The Morgan fingerprint density at radius 2 is 2.15 bits per heavy atom. The fraction of sp³-hybridized carbons (Fsp3) is 0.214. The van der Waals surface area contributed by atoms with Crippen LogP contribution in [0.2, 0.25) is 5.28 Å². The van der Waals surface area contributed by atoms with Gasteiger partial charge in [0.2, 0.25) is 5.28 Å². The molecule has 0 atom stereocenters. The third-order valence-corrected chi connectivity index (χ3v) is 3.30. The molecule has 3 rings (SSSR count). The maximum atomic E-state index is 5.96. The summed E-state index contributed by atoms with van der Waals surface area (Å²) in [5.41, 5.74) is 3.11. The van der Waals surface area contributed by atoms with Gasteiger partial charge < -0.3 is 4.90 Å². The molecular weight excluding hydrogens is 274 g/mol. The number of nitrogens with one attached hydrogen (secondary N) is 1. The number of hydrogen-bond donors (Lipinski definition) is 1. The van der Waals surface area contributed by atoms with Crippen molar-refractivity contribution >= 4 is 28.5 Å². The van der Waals surface area contributed by atoms with E-state index in [2.05, 4.69) is 51.4 Å². The van der Waals surface area contributed by atoms with Crippen LogP contribution in [-0.4, -0.2) is 27.2 Å². The topological polar surface area (TPSA) is 57.7 Å². The van der Waals surface area contributed by atoms with E-state index in [1.807, 2.05) is 11.9 Å². The zero-order valence-electron chi connectivity index (χ0n) is 11.3. The number of nitrogens with zero attached hydrogens (tertiary/aromatic N) is 4. The van der Waals surface area contributed by atoms with Crippen molar-refractivity contribution in [2.75, 3.05) is 11.9 Å². The van der Waals surface area contributed by atoms with E-state index in [-0.39, 0.29) is 5.28 Å². The standard InChI is InChI=1S/C14H14ClN5/c1-9-4-3-5-10(6-9)8-20(2)13-11-7-16-19-12(11)17-14(15)18-13/h3-7H,8H2,1-2H3,(H,16,17,18,19). The van der Waals surface area contributed by atoms with Gasteiger partial charge >= 0.3 is 0 Å². The lowest BCUT2D eigenvalue weighted by Gasteiger charge is -2.19. The number of anilines is 1. The van der Waals surface area contributed by atoms with Crippen molar-refractivity contribution in [2.24, 2.45) is 0 Å². The largest absolute Gasteiger partial charge is 0.355 e. The predicted octanol–water partition coefficient (Wildman–Crippen LogP) is 2.95. The molecule has 0 spiro atoms. The van der Waals surface area contributed by atoms with Gasteiger partial charge in [0.1, 0.15) is 5.82 Å². The molecule has 0 aliphatic carbocycles. The third kappa shape index (κ3) is 2.44. The number of fused-ring (bicyclic) bond motifs is 1. The Morgan fingerprint density at radius 3 is 2.95 bits per heavy atom. The van der Waals surface area contributed by atoms with Crippen LogP contribution in [-0.2, 0) is 6.54 Å². The molecule has 2 aromatic heterocycles. The number of aromatic amines is 1. The lowest BCUT2D eigenvalue weighted by Crippen LogP contribution is -2.18. The fourth-order valence-electron chi connectivity index (χ4n) is 2.24. The smallest absolute Gasteiger partial charge is 0.226 e. The minimum absolute atomic E-state index is 0.216. The Bertz CT molecular complexity index is 752. The molecular formula is C14H14ClN5. The van der Waals surface area contributed by atoms with Gasteiger partial charge in [0.15, 0.2) is 5.65 Å². The highest BCUT2D eigenvalue weighted by atomic mass is 35.5. The third-order valence-electron chi connectivity index (χ3n) is 3.13. The first-order chi connectivity index (χ1) is 9.63. The molecule has 0 bridgehead atoms. The first-order valence-electron chi connectivity index (χ1n) is 6.27. The van der Waals surface area contributed by atoms with Crippen LogP contribution in [0.5, 0.6) is 0 Å². The highest BCUT2D eigenvalue weighted by molar-refractivity contribution is 6.28. The molecule has 0 fully saturated rings. The number of benzene rings is 1. The van der Waals surface area contributed by atoms with Gasteiger partial charge in [-0.15, -0.1) is 0 Å². The fourth-order valence-corrected chi connectivity index (χ4v) is 2.41. The van der Waals surface area contributed by atoms with Crippen LogP contribution in [0.4, 0.5) is 5.82 Å². The van der Waals surface area contributed by atoms with E-state index < -0.39 is 0 Å². The molecule has 3 aromatic rings. The molecule has 0 aliphatic rings. The molecule has 0 saturated heterocycles. The summed E-state index contributed by atoms with van der Waals surface area (Å²) in [6.07, 6.45) is 1.72. The van der Waals surface area contributed by atoms with E-state index in [0.717, 1.165) is 17.7 Å². The minimum atomic E-state index is 0.216. The molecule has 5 nitrogen and oxygen atoms in total. The first kappa shape index (κ1) is 12.9. The van der Waals surface area contributed by atoms with Gasteiger partial charge in [-0.25, -0.2) is 0 Å². The van der Waals surface area contributed by atoms with Crippen LogP contribution in [0.3, 0.4) is 0 Å². The summed E-state index contributed by atoms with van der Waals surface area (Å²) in [4.78, 5) is 10.5. The highest BCUT2D eigenvalue weighted by Gasteiger charge is 2.12. The Balaban J connectivity index is 1.96. The van der Waals surface area contributed by atoms with Crippen LogP contribution in [0, 0.1) is 6.92 Å². The number of rotatable bonds is 3. The molecule has 1 N–H and O–H groups in total. The van der Waals surface area contributed by atoms with Crippen LogP contribution in [0.25, 0.3) is 11.0 Å². The molecule has 6 heteroatoms. The molecule has 0 aliphatic heterocycles. The summed E-state index contributed by atoms with van der Waals surface area (Å²) in [5.74, 6) is 0.773. The predicted molar refractivity (Wildman–Crippen MR) is 80.0 cm³/mol. The van der Waals surface area contributed by atoms with Gasteiger partial charge in [-0.1, -0.05) is 29.8 Å². The minimum Gasteiger partial charge on any atom is -0.355 e. The maximum Gasteiger partial charge on any atom is 0.226 e. The summed E-state index contributed by atoms with van der Waals surface area (Å²) in [5, 5.41) is 7.89. The second kappa shape index (κ2) is 5.09. The number of aryl methyl sites for hydroxylation is 1. The van der Waals surface area contributed by atoms with Gasteiger partial charge in [-0.05, 0) is 24.1 Å². The summed E-state index contributed by atoms with van der Waals surface area (Å²) in [6.45, 7) is 2.83. The molecule has 0 radical (unpaired) electrons. The van der Waals surface area contributed by atoms with Crippen molar-refractivity contribution in [2.45, 2.75) is 13.5 Å². The molecule has 0 saturated carbocycles. The normalized spacial score (nSPS) is 10.9. The van der Waals surface area contributed by atoms with Crippen LogP contribution in [0.1, 0.15) is 11.1 Å². The Labute approximate surface area is 121 Å². The summed E-state index contributed by atoms with van der Waals surface area (Å²) >= 11 is 5.96. The highest BCUT2D eigenvalue weighted by Crippen LogP contribution is 2.24. The van der Waals surface area contributed by atoms with Crippen molar-refractivity contribution < 1.29 is 0 Å². The van der Waals surface area contributed by atoms with Crippen LogP contribution in [0.15, 0.2) is 30.5 Å². The molecule has 20 heavy (non-hydrogen) atoms. The zero-order valence-corrected chi connectivity index (χ0v) is 12.0. The molecule has 1 aromatic carbocycles. The second-order valence-electron chi connectivity index (χ2n) is 4.79. The van der Waals surface area contributed by atoms with E-state index >= 15 is 0 Å². The Morgan fingerprint density at radius 1 is 1.30 bits per heavy atom. The SMILES string of the molecule is Cc1cccc(CN(C)c2nc(Cl)nc3[nH]ncc23)c1. The van der Waals surface area contributed by atoms with Crippen molar-refractivity contribution in [1.29, 1.82) is 0 Å². The van der Waals surface area contributed by atoms with Gasteiger partial charge in [0, 0.05) is 13.6 Å². The maximum absolute atomic E-state index is 5.96. The van der Waals surface area contributed by atoms with E-state index in [1.54, 1.807) is 6.20 Å². The van der Waals surface area contributed by atoms with E-state index in [4.69, 9.17) is 11.6 Å².